The van der Waals surface area contributed by atoms with Crippen molar-refractivity contribution in [3.63, 3.8) is 0 Å². The van der Waals surface area contributed by atoms with E-state index in [4.69, 9.17) is 18.6 Å². The van der Waals surface area contributed by atoms with E-state index in [1.807, 2.05) is 6.07 Å². The SMILES string of the molecule is COc1ccc(-c2nc3cc(NC(=O)c4ccc(OCC(C)C)cc4)ccc3o2)cc1OC. The lowest BCUT2D eigenvalue weighted by atomic mass is 10.2. The second-order valence-electron chi connectivity index (χ2n) is 7.95. The van der Waals surface area contributed by atoms with Gasteiger partial charge in [-0.1, -0.05) is 13.8 Å². The fraction of sp³-hybridized carbons (Fsp3) is 0.231. The van der Waals surface area contributed by atoms with Gasteiger partial charge in [-0.15, -0.1) is 0 Å². The van der Waals surface area contributed by atoms with Crippen LogP contribution in [0.4, 0.5) is 5.69 Å². The summed E-state index contributed by atoms with van der Waals surface area (Å²) in [6, 6.07) is 17.9. The van der Waals surface area contributed by atoms with Crippen LogP contribution in [-0.4, -0.2) is 31.7 Å². The van der Waals surface area contributed by atoms with Crippen molar-refractivity contribution >= 4 is 22.7 Å². The molecule has 0 spiro atoms. The van der Waals surface area contributed by atoms with E-state index in [0.717, 1.165) is 11.3 Å². The van der Waals surface area contributed by atoms with Gasteiger partial charge in [-0.2, -0.15) is 0 Å². The number of hydrogen-bond donors (Lipinski definition) is 1. The molecule has 0 atom stereocenters. The zero-order valence-electron chi connectivity index (χ0n) is 19.0. The van der Waals surface area contributed by atoms with Gasteiger partial charge in [-0.05, 0) is 66.6 Å². The van der Waals surface area contributed by atoms with Gasteiger partial charge in [0.05, 0.1) is 20.8 Å². The Balaban J connectivity index is 1.50. The van der Waals surface area contributed by atoms with Crippen LogP contribution < -0.4 is 19.5 Å². The van der Waals surface area contributed by atoms with E-state index in [1.54, 1.807) is 68.8 Å². The number of carbonyl (C=O) groups is 1. The zero-order valence-corrected chi connectivity index (χ0v) is 19.0. The minimum atomic E-state index is -0.214. The number of benzene rings is 3. The van der Waals surface area contributed by atoms with Gasteiger partial charge in [0, 0.05) is 16.8 Å². The van der Waals surface area contributed by atoms with Gasteiger partial charge in [0.2, 0.25) is 5.89 Å². The number of oxazole rings is 1. The highest BCUT2D eigenvalue weighted by molar-refractivity contribution is 6.05. The van der Waals surface area contributed by atoms with Crippen LogP contribution in [0.3, 0.4) is 0 Å². The minimum Gasteiger partial charge on any atom is -0.493 e. The van der Waals surface area contributed by atoms with Crippen molar-refractivity contribution in [2.45, 2.75) is 13.8 Å². The molecule has 1 N–H and O–H groups in total. The van der Waals surface area contributed by atoms with E-state index in [9.17, 15) is 4.79 Å². The van der Waals surface area contributed by atoms with Crippen LogP contribution >= 0.6 is 0 Å². The van der Waals surface area contributed by atoms with Gasteiger partial charge < -0.3 is 23.9 Å². The van der Waals surface area contributed by atoms with Crippen LogP contribution in [0.15, 0.2) is 65.1 Å². The van der Waals surface area contributed by atoms with Gasteiger partial charge in [-0.25, -0.2) is 4.98 Å². The lowest BCUT2D eigenvalue weighted by molar-refractivity contribution is 0.102. The second-order valence-corrected chi connectivity index (χ2v) is 7.95. The van der Waals surface area contributed by atoms with Gasteiger partial charge >= 0.3 is 0 Å². The van der Waals surface area contributed by atoms with Crippen molar-refractivity contribution in [3.05, 3.63) is 66.2 Å². The van der Waals surface area contributed by atoms with E-state index in [0.29, 0.717) is 52.3 Å². The summed E-state index contributed by atoms with van der Waals surface area (Å²) in [6.45, 7) is 4.81. The molecule has 0 aliphatic carbocycles. The van der Waals surface area contributed by atoms with Crippen LogP contribution in [0.5, 0.6) is 17.2 Å². The average molecular weight is 447 g/mol. The summed E-state index contributed by atoms with van der Waals surface area (Å²) >= 11 is 0. The molecule has 0 bridgehead atoms. The molecule has 3 aromatic carbocycles. The van der Waals surface area contributed by atoms with Crippen molar-refractivity contribution < 1.29 is 23.4 Å². The molecule has 1 aromatic heterocycles. The molecule has 0 aliphatic heterocycles. The van der Waals surface area contributed by atoms with Gasteiger partial charge in [0.1, 0.15) is 11.3 Å². The van der Waals surface area contributed by atoms with E-state index >= 15 is 0 Å². The zero-order chi connectivity index (χ0) is 23.4. The summed E-state index contributed by atoms with van der Waals surface area (Å²) in [5.41, 5.74) is 3.17. The molecule has 33 heavy (non-hydrogen) atoms. The third kappa shape index (κ3) is 5.09. The first-order valence-electron chi connectivity index (χ1n) is 10.6. The highest BCUT2D eigenvalue weighted by Gasteiger charge is 2.13. The summed E-state index contributed by atoms with van der Waals surface area (Å²) in [7, 11) is 3.16. The van der Waals surface area contributed by atoms with Crippen molar-refractivity contribution in [2.75, 3.05) is 26.1 Å². The number of amides is 1. The fourth-order valence-electron chi connectivity index (χ4n) is 3.27. The van der Waals surface area contributed by atoms with Gasteiger partial charge in [0.25, 0.3) is 5.91 Å². The van der Waals surface area contributed by atoms with Gasteiger partial charge in [0.15, 0.2) is 17.1 Å². The Morgan fingerprint density at radius 1 is 0.970 bits per heavy atom. The Bertz CT molecular complexity index is 1260. The van der Waals surface area contributed by atoms with E-state index in [-0.39, 0.29) is 5.91 Å². The van der Waals surface area contributed by atoms with Crippen LogP contribution in [0.25, 0.3) is 22.6 Å². The topological polar surface area (TPSA) is 82.8 Å². The number of ether oxygens (including phenoxy) is 3. The van der Waals surface area contributed by atoms with Crippen LogP contribution in [-0.2, 0) is 0 Å². The summed E-state index contributed by atoms with van der Waals surface area (Å²) in [5, 5.41) is 2.90. The number of aromatic nitrogens is 1. The number of fused-ring (bicyclic) bond motifs is 1. The predicted octanol–water partition coefficient (Wildman–Crippen LogP) is 5.80. The molecule has 170 valence electrons. The maximum Gasteiger partial charge on any atom is 0.255 e. The lowest BCUT2D eigenvalue weighted by Gasteiger charge is -2.09. The quantitative estimate of drug-likeness (QED) is 0.368. The summed E-state index contributed by atoms with van der Waals surface area (Å²) in [5.74, 6) is 2.63. The third-order valence-corrected chi connectivity index (χ3v) is 4.98. The Kier molecular flexibility index (Phi) is 6.49. The Morgan fingerprint density at radius 2 is 1.73 bits per heavy atom. The molecule has 0 radical (unpaired) electrons. The molecule has 4 rings (SSSR count). The maximum atomic E-state index is 12.7. The predicted molar refractivity (Wildman–Crippen MR) is 127 cm³/mol. The molecule has 0 unspecified atom stereocenters. The smallest absolute Gasteiger partial charge is 0.255 e. The lowest BCUT2D eigenvalue weighted by Crippen LogP contribution is -2.12. The van der Waals surface area contributed by atoms with Crippen molar-refractivity contribution in [1.29, 1.82) is 0 Å². The summed E-state index contributed by atoms with van der Waals surface area (Å²) in [6.07, 6.45) is 0. The largest absolute Gasteiger partial charge is 0.493 e. The first-order chi connectivity index (χ1) is 16.0. The Morgan fingerprint density at radius 3 is 2.42 bits per heavy atom. The molecular weight excluding hydrogens is 420 g/mol. The number of carbonyl (C=O) groups excluding carboxylic acids is 1. The number of anilines is 1. The Labute approximate surface area is 192 Å². The van der Waals surface area contributed by atoms with Crippen molar-refractivity contribution in [2.24, 2.45) is 5.92 Å². The molecule has 4 aromatic rings. The van der Waals surface area contributed by atoms with Crippen LogP contribution in [0.1, 0.15) is 24.2 Å². The van der Waals surface area contributed by atoms with E-state index in [2.05, 4.69) is 24.1 Å². The standard InChI is InChI=1S/C26H26N2O5/c1-16(2)15-32-20-9-5-17(6-10-20)25(29)27-19-8-12-22-21(14-19)28-26(33-22)18-7-11-23(30-3)24(13-18)31-4/h5-14,16H,15H2,1-4H3,(H,27,29). The van der Waals surface area contributed by atoms with Gasteiger partial charge in [-0.3, -0.25) is 4.79 Å². The first-order valence-corrected chi connectivity index (χ1v) is 10.6. The molecule has 0 aliphatic rings. The van der Waals surface area contributed by atoms with Crippen LogP contribution in [0.2, 0.25) is 0 Å². The third-order valence-electron chi connectivity index (χ3n) is 4.98. The normalized spacial score (nSPS) is 10.9. The molecule has 0 fully saturated rings. The number of nitrogens with zero attached hydrogens (tertiary/aromatic N) is 1. The number of rotatable bonds is 8. The monoisotopic (exact) mass is 446 g/mol. The minimum absolute atomic E-state index is 0.214. The maximum absolute atomic E-state index is 12.7. The highest BCUT2D eigenvalue weighted by atomic mass is 16.5. The molecule has 1 amide bonds. The summed E-state index contributed by atoms with van der Waals surface area (Å²) < 4.78 is 22.2. The molecule has 0 saturated carbocycles. The second kappa shape index (κ2) is 9.65. The number of nitrogens with one attached hydrogen (secondary N) is 1. The molecule has 7 nitrogen and oxygen atoms in total. The summed E-state index contributed by atoms with van der Waals surface area (Å²) in [4.78, 5) is 17.2. The van der Waals surface area contributed by atoms with E-state index in [1.165, 1.54) is 0 Å². The van der Waals surface area contributed by atoms with E-state index < -0.39 is 0 Å². The van der Waals surface area contributed by atoms with Crippen molar-refractivity contribution in [1.82, 2.24) is 4.98 Å². The average Bonchev–Trinajstić information content (AvgIpc) is 3.26. The number of hydrogen-bond acceptors (Lipinski definition) is 6. The number of methoxy groups -OCH3 is 2. The Hall–Kier alpha value is -4.00. The van der Waals surface area contributed by atoms with Crippen LogP contribution in [0, 0.1) is 5.92 Å². The molecule has 7 heteroatoms. The molecule has 1 heterocycles. The molecule has 0 saturated heterocycles. The highest BCUT2D eigenvalue weighted by Crippen LogP contribution is 2.33. The molecular formula is C26H26N2O5. The first kappa shape index (κ1) is 22.2. The fourth-order valence-corrected chi connectivity index (χ4v) is 3.27. The van der Waals surface area contributed by atoms with Crippen molar-refractivity contribution in [3.8, 4) is 28.7 Å².